The van der Waals surface area contributed by atoms with Crippen LogP contribution >= 0.6 is 11.3 Å². The van der Waals surface area contributed by atoms with Crippen LogP contribution in [0.15, 0.2) is 5.38 Å². The highest BCUT2D eigenvalue weighted by Crippen LogP contribution is 2.53. The Hall–Kier alpha value is -0.410. The van der Waals surface area contributed by atoms with Crippen molar-refractivity contribution in [3.05, 3.63) is 16.1 Å². The van der Waals surface area contributed by atoms with Gasteiger partial charge in [-0.25, -0.2) is 4.98 Å². The van der Waals surface area contributed by atoms with E-state index in [0.717, 1.165) is 24.3 Å². The van der Waals surface area contributed by atoms with Gasteiger partial charge in [-0.1, -0.05) is 20.3 Å². The fourth-order valence-electron chi connectivity index (χ4n) is 3.43. The Bertz CT molecular complexity index is 385. The number of hydrogen-bond acceptors (Lipinski definition) is 3. The third-order valence-corrected chi connectivity index (χ3v) is 5.34. The molecule has 0 saturated heterocycles. The number of rotatable bonds is 4. The second-order valence-corrected chi connectivity index (χ2v) is 6.88. The minimum absolute atomic E-state index is 0.544. The second kappa shape index (κ2) is 4.69. The van der Waals surface area contributed by atoms with Crippen molar-refractivity contribution in [3.8, 4) is 0 Å². The highest BCUT2D eigenvalue weighted by Gasteiger charge is 2.41. The zero-order valence-electron chi connectivity index (χ0n) is 10.8. The lowest BCUT2D eigenvalue weighted by atomic mass is 9.89. The summed E-state index contributed by atoms with van der Waals surface area (Å²) in [7, 11) is 0. The molecule has 2 aliphatic rings. The number of nitrogens with one attached hydrogen (secondary N) is 1. The lowest BCUT2D eigenvalue weighted by molar-refractivity contribution is 0.418. The molecule has 2 nitrogen and oxygen atoms in total. The molecule has 2 aliphatic carbocycles. The van der Waals surface area contributed by atoms with E-state index in [1.165, 1.54) is 36.4 Å². The Morgan fingerprint density at radius 3 is 2.94 bits per heavy atom. The molecule has 2 fully saturated rings. The predicted octanol–water partition coefficient (Wildman–Crippen LogP) is 3.54. The van der Waals surface area contributed by atoms with Gasteiger partial charge >= 0.3 is 0 Å². The predicted molar refractivity (Wildman–Crippen MR) is 72.3 cm³/mol. The van der Waals surface area contributed by atoms with Crippen LogP contribution in [0.4, 0.5) is 0 Å². The van der Waals surface area contributed by atoms with E-state index in [4.69, 9.17) is 4.98 Å². The quantitative estimate of drug-likeness (QED) is 0.884. The summed E-state index contributed by atoms with van der Waals surface area (Å²) in [5.74, 6) is 2.77. The van der Waals surface area contributed by atoms with E-state index in [1.54, 1.807) is 0 Å². The van der Waals surface area contributed by atoms with Crippen LogP contribution in [0.5, 0.6) is 0 Å². The molecule has 3 rings (SSSR count). The van der Waals surface area contributed by atoms with Gasteiger partial charge in [-0.05, 0) is 31.1 Å². The lowest BCUT2D eigenvalue weighted by Crippen LogP contribution is -2.22. The Labute approximate surface area is 108 Å². The first-order valence-electron chi connectivity index (χ1n) is 6.90. The van der Waals surface area contributed by atoms with Crippen LogP contribution in [-0.2, 0) is 6.54 Å². The van der Waals surface area contributed by atoms with E-state index in [1.807, 2.05) is 11.3 Å². The van der Waals surface area contributed by atoms with Crippen molar-refractivity contribution in [2.24, 2.45) is 11.8 Å². The van der Waals surface area contributed by atoms with Gasteiger partial charge in [0.05, 0.1) is 10.7 Å². The minimum atomic E-state index is 0.544. The van der Waals surface area contributed by atoms with Gasteiger partial charge in [0.1, 0.15) is 0 Å². The Kier molecular flexibility index (Phi) is 3.22. The standard InChI is InChI=1S/C14H22N2S/c1-9(2)15-7-12-8-17-14(16-12)13-6-10-3-4-11(13)5-10/h8-11,13,15H,3-7H2,1-2H3. The Morgan fingerprint density at radius 1 is 1.41 bits per heavy atom. The third kappa shape index (κ3) is 2.41. The fraction of sp³-hybridized carbons (Fsp3) is 0.786. The number of fused-ring (bicyclic) bond motifs is 2. The molecular weight excluding hydrogens is 228 g/mol. The van der Waals surface area contributed by atoms with E-state index >= 15 is 0 Å². The monoisotopic (exact) mass is 250 g/mol. The number of thiazole rings is 1. The van der Waals surface area contributed by atoms with E-state index < -0.39 is 0 Å². The molecule has 3 heteroatoms. The summed E-state index contributed by atoms with van der Waals surface area (Å²) in [6.07, 6.45) is 5.82. The summed E-state index contributed by atoms with van der Waals surface area (Å²) in [6.45, 7) is 5.29. The highest BCUT2D eigenvalue weighted by atomic mass is 32.1. The van der Waals surface area contributed by atoms with Crippen LogP contribution < -0.4 is 5.32 Å². The van der Waals surface area contributed by atoms with Crippen LogP contribution in [-0.4, -0.2) is 11.0 Å². The fourth-order valence-corrected chi connectivity index (χ4v) is 4.46. The summed E-state index contributed by atoms with van der Waals surface area (Å²) in [4.78, 5) is 4.84. The summed E-state index contributed by atoms with van der Waals surface area (Å²) >= 11 is 1.89. The maximum absolute atomic E-state index is 4.84. The number of aromatic nitrogens is 1. The molecule has 0 spiro atoms. The largest absolute Gasteiger partial charge is 0.309 e. The summed E-state index contributed by atoms with van der Waals surface area (Å²) < 4.78 is 0. The number of hydrogen-bond donors (Lipinski definition) is 1. The minimum Gasteiger partial charge on any atom is -0.309 e. The van der Waals surface area contributed by atoms with Gasteiger partial charge in [0.25, 0.3) is 0 Å². The molecule has 3 unspecified atom stereocenters. The van der Waals surface area contributed by atoms with E-state index in [2.05, 4.69) is 24.5 Å². The SMILES string of the molecule is CC(C)NCc1csc(C2CC3CCC2C3)n1. The van der Waals surface area contributed by atoms with Crippen molar-refractivity contribution in [2.75, 3.05) is 0 Å². The van der Waals surface area contributed by atoms with Gasteiger partial charge < -0.3 is 5.32 Å². The molecule has 1 aromatic rings. The van der Waals surface area contributed by atoms with Crippen LogP contribution in [0.25, 0.3) is 0 Å². The van der Waals surface area contributed by atoms with E-state index in [-0.39, 0.29) is 0 Å². The van der Waals surface area contributed by atoms with Crippen LogP contribution in [0.2, 0.25) is 0 Å². The topological polar surface area (TPSA) is 24.9 Å². The summed E-state index contributed by atoms with van der Waals surface area (Å²) in [5, 5.41) is 7.11. The molecule has 2 bridgehead atoms. The molecule has 1 heterocycles. The van der Waals surface area contributed by atoms with Gasteiger partial charge in [-0.2, -0.15) is 0 Å². The molecule has 1 aromatic heterocycles. The molecule has 0 radical (unpaired) electrons. The molecule has 2 saturated carbocycles. The first-order valence-corrected chi connectivity index (χ1v) is 7.78. The molecular formula is C14H22N2S. The van der Waals surface area contributed by atoms with Crippen molar-refractivity contribution in [2.45, 2.75) is 58.0 Å². The lowest BCUT2D eigenvalue weighted by Gasteiger charge is -2.18. The first-order chi connectivity index (χ1) is 8.22. The Morgan fingerprint density at radius 2 is 2.29 bits per heavy atom. The molecule has 0 aliphatic heterocycles. The maximum atomic E-state index is 4.84. The third-order valence-electron chi connectivity index (χ3n) is 4.32. The van der Waals surface area contributed by atoms with Crippen molar-refractivity contribution in [3.63, 3.8) is 0 Å². The van der Waals surface area contributed by atoms with Gasteiger partial charge in [-0.3, -0.25) is 0 Å². The van der Waals surface area contributed by atoms with Gasteiger partial charge in [0.2, 0.25) is 0 Å². The van der Waals surface area contributed by atoms with Crippen LogP contribution in [0.3, 0.4) is 0 Å². The van der Waals surface area contributed by atoms with Gasteiger partial charge in [-0.15, -0.1) is 11.3 Å². The molecule has 0 aromatic carbocycles. The van der Waals surface area contributed by atoms with Crippen LogP contribution in [0.1, 0.15) is 56.2 Å². The highest BCUT2D eigenvalue weighted by molar-refractivity contribution is 7.09. The molecule has 17 heavy (non-hydrogen) atoms. The maximum Gasteiger partial charge on any atom is 0.0962 e. The van der Waals surface area contributed by atoms with Crippen molar-refractivity contribution in [1.82, 2.24) is 10.3 Å². The van der Waals surface area contributed by atoms with Crippen molar-refractivity contribution in [1.29, 1.82) is 0 Å². The molecule has 0 amide bonds. The molecule has 94 valence electrons. The molecule has 1 N–H and O–H groups in total. The van der Waals surface area contributed by atoms with Crippen molar-refractivity contribution >= 4 is 11.3 Å². The van der Waals surface area contributed by atoms with E-state index in [0.29, 0.717) is 6.04 Å². The van der Waals surface area contributed by atoms with Crippen molar-refractivity contribution < 1.29 is 0 Å². The van der Waals surface area contributed by atoms with Gasteiger partial charge in [0, 0.05) is 23.9 Å². The number of nitrogens with zero attached hydrogens (tertiary/aromatic N) is 1. The average molecular weight is 250 g/mol. The molecule has 3 atom stereocenters. The van der Waals surface area contributed by atoms with Crippen LogP contribution in [0, 0.1) is 11.8 Å². The summed E-state index contributed by atoms with van der Waals surface area (Å²) in [5.41, 5.74) is 1.24. The van der Waals surface area contributed by atoms with E-state index in [9.17, 15) is 0 Å². The average Bonchev–Trinajstić information content (AvgIpc) is 3.01. The first kappa shape index (κ1) is 11.7. The summed E-state index contributed by atoms with van der Waals surface area (Å²) in [6, 6.07) is 0.544. The smallest absolute Gasteiger partial charge is 0.0962 e. The normalized spacial score (nSPS) is 31.6. The Balaban J connectivity index is 1.64. The zero-order valence-corrected chi connectivity index (χ0v) is 11.6. The van der Waals surface area contributed by atoms with Gasteiger partial charge in [0.15, 0.2) is 0 Å². The zero-order chi connectivity index (χ0) is 11.8. The second-order valence-electron chi connectivity index (χ2n) is 5.99.